The number of likely N-dealkylation sites (tertiary alicyclic amines) is 1. The number of amides is 1. The van der Waals surface area contributed by atoms with E-state index in [1.165, 1.54) is 0 Å². The maximum absolute atomic E-state index is 12.0. The van der Waals surface area contributed by atoms with Gasteiger partial charge in [-0.2, -0.15) is 4.91 Å². The highest BCUT2D eigenvalue weighted by Gasteiger charge is 2.36. The molecule has 0 saturated carbocycles. The highest BCUT2D eigenvalue weighted by atomic mass is 16.3. The van der Waals surface area contributed by atoms with Crippen molar-refractivity contribution in [2.75, 3.05) is 6.54 Å². The molecule has 3 atom stereocenters. The van der Waals surface area contributed by atoms with Gasteiger partial charge in [-0.3, -0.25) is 4.79 Å². The van der Waals surface area contributed by atoms with Crippen LogP contribution in [0, 0.1) is 10.8 Å². The lowest BCUT2D eigenvalue weighted by Gasteiger charge is -2.25. The van der Waals surface area contributed by atoms with Crippen molar-refractivity contribution in [3.63, 3.8) is 0 Å². The number of benzene rings is 1. The highest BCUT2D eigenvalue weighted by molar-refractivity contribution is 5.79. The van der Waals surface area contributed by atoms with E-state index in [0.29, 0.717) is 13.0 Å². The van der Waals surface area contributed by atoms with Crippen LogP contribution in [0.3, 0.4) is 0 Å². The first-order valence-electron chi connectivity index (χ1n) is 6.30. The molecule has 96 valence electrons. The fourth-order valence-electron chi connectivity index (χ4n) is 2.46. The minimum absolute atomic E-state index is 0.0566. The van der Waals surface area contributed by atoms with Gasteiger partial charge < -0.3 is 4.90 Å². The van der Waals surface area contributed by atoms with E-state index in [0.717, 1.165) is 5.56 Å². The van der Waals surface area contributed by atoms with Crippen LogP contribution in [0.1, 0.15) is 31.9 Å². The molecular formula is C14H18N2O2. The van der Waals surface area contributed by atoms with E-state index in [1.54, 1.807) is 6.92 Å². The van der Waals surface area contributed by atoms with Gasteiger partial charge in [0.15, 0.2) is 0 Å². The standard InChI is InChI=1S/C14H18N2O2/c1-10(15-18)13-8-14(17)16(9-13)11(2)12-6-4-3-5-7-12/h3-7,10-11,13H,8-9H2,1-2H3/t10?,11-,13?/m0/s1. The Hall–Kier alpha value is -1.71. The zero-order chi connectivity index (χ0) is 13.1. The summed E-state index contributed by atoms with van der Waals surface area (Å²) < 4.78 is 0. The third kappa shape index (κ3) is 2.42. The molecule has 1 fully saturated rings. The summed E-state index contributed by atoms with van der Waals surface area (Å²) in [4.78, 5) is 24.4. The number of nitrogens with zero attached hydrogens (tertiary/aromatic N) is 2. The van der Waals surface area contributed by atoms with Crippen molar-refractivity contribution >= 4 is 5.91 Å². The lowest BCUT2D eigenvalue weighted by Crippen LogP contribution is -2.29. The normalized spacial score (nSPS) is 22.9. The summed E-state index contributed by atoms with van der Waals surface area (Å²) >= 11 is 0. The molecular weight excluding hydrogens is 228 g/mol. The Morgan fingerprint density at radius 2 is 1.94 bits per heavy atom. The second-order valence-corrected chi connectivity index (χ2v) is 4.94. The summed E-state index contributed by atoms with van der Waals surface area (Å²) in [6.07, 6.45) is 0.435. The zero-order valence-corrected chi connectivity index (χ0v) is 10.7. The summed E-state index contributed by atoms with van der Waals surface area (Å²) in [7, 11) is 0. The van der Waals surface area contributed by atoms with Crippen LogP contribution >= 0.6 is 0 Å². The lowest BCUT2D eigenvalue weighted by atomic mass is 10.0. The lowest BCUT2D eigenvalue weighted by molar-refractivity contribution is -0.129. The van der Waals surface area contributed by atoms with E-state index in [2.05, 4.69) is 5.18 Å². The maximum atomic E-state index is 12.0. The van der Waals surface area contributed by atoms with Crippen LogP contribution in [-0.4, -0.2) is 23.4 Å². The van der Waals surface area contributed by atoms with Crippen LogP contribution in [0.2, 0.25) is 0 Å². The van der Waals surface area contributed by atoms with Crippen LogP contribution in [0.4, 0.5) is 0 Å². The number of carbonyl (C=O) groups excluding carboxylic acids is 1. The molecule has 0 aliphatic carbocycles. The van der Waals surface area contributed by atoms with Crippen molar-refractivity contribution in [1.82, 2.24) is 4.90 Å². The topological polar surface area (TPSA) is 49.7 Å². The molecule has 1 aromatic rings. The number of hydrogen-bond donors (Lipinski definition) is 0. The van der Waals surface area contributed by atoms with E-state index in [-0.39, 0.29) is 23.9 Å². The predicted octanol–water partition coefficient (Wildman–Crippen LogP) is 2.75. The maximum Gasteiger partial charge on any atom is 0.223 e. The molecule has 2 unspecified atom stereocenters. The summed E-state index contributed by atoms with van der Waals surface area (Å²) in [5.41, 5.74) is 1.12. The summed E-state index contributed by atoms with van der Waals surface area (Å²) in [5, 5.41) is 3.04. The molecule has 1 aromatic carbocycles. The molecule has 1 aliphatic rings. The van der Waals surface area contributed by atoms with Gasteiger partial charge >= 0.3 is 0 Å². The van der Waals surface area contributed by atoms with Crippen molar-refractivity contribution in [3.8, 4) is 0 Å². The fraction of sp³-hybridized carbons (Fsp3) is 0.500. The average molecular weight is 246 g/mol. The van der Waals surface area contributed by atoms with Crippen molar-refractivity contribution < 1.29 is 4.79 Å². The Morgan fingerprint density at radius 1 is 1.28 bits per heavy atom. The Morgan fingerprint density at radius 3 is 2.56 bits per heavy atom. The number of hydrogen-bond acceptors (Lipinski definition) is 3. The summed E-state index contributed by atoms with van der Waals surface area (Å²) in [5.74, 6) is 0.174. The van der Waals surface area contributed by atoms with Crippen LogP contribution in [0.25, 0.3) is 0 Å². The van der Waals surface area contributed by atoms with E-state index in [9.17, 15) is 9.70 Å². The van der Waals surface area contributed by atoms with Gasteiger partial charge in [0.05, 0.1) is 12.1 Å². The molecule has 0 N–H and O–H groups in total. The van der Waals surface area contributed by atoms with Crippen LogP contribution in [-0.2, 0) is 4.79 Å². The summed E-state index contributed by atoms with van der Waals surface area (Å²) in [6.45, 7) is 4.43. The Balaban J connectivity index is 2.10. The van der Waals surface area contributed by atoms with Crippen LogP contribution in [0.15, 0.2) is 35.5 Å². The van der Waals surface area contributed by atoms with E-state index >= 15 is 0 Å². The summed E-state index contributed by atoms with van der Waals surface area (Å²) in [6, 6.07) is 9.71. The molecule has 1 aliphatic heterocycles. The number of rotatable bonds is 4. The van der Waals surface area contributed by atoms with Gasteiger partial charge in [0.25, 0.3) is 0 Å². The van der Waals surface area contributed by atoms with Crippen molar-refractivity contribution in [1.29, 1.82) is 0 Å². The van der Waals surface area contributed by atoms with Gasteiger partial charge in [-0.25, -0.2) is 0 Å². The van der Waals surface area contributed by atoms with Gasteiger partial charge in [-0.05, 0) is 19.4 Å². The predicted molar refractivity (Wildman–Crippen MR) is 69.9 cm³/mol. The third-order valence-corrected chi connectivity index (χ3v) is 3.79. The molecule has 0 bridgehead atoms. The monoisotopic (exact) mass is 246 g/mol. The molecule has 4 heteroatoms. The second-order valence-electron chi connectivity index (χ2n) is 4.94. The minimum Gasteiger partial charge on any atom is -0.336 e. The first-order chi connectivity index (χ1) is 8.63. The van der Waals surface area contributed by atoms with Crippen LogP contribution < -0.4 is 0 Å². The second kappa shape index (κ2) is 5.29. The Bertz CT molecular complexity index is 433. The SMILES string of the molecule is CC(N=O)C1CC(=O)N([C@@H](C)c2ccccc2)C1. The largest absolute Gasteiger partial charge is 0.336 e. The quantitative estimate of drug-likeness (QED) is 0.767. The molecule has 1 amide bonds. The first kappa shape index (κ1) is 12.7. The van der Waals surface area contributed by atoms with Gasteiger partial charge in [0.2, 0.25) is 5.91 Å². The first-order valence-corrected chi connectivity index (χ1v) is 6.30. The van der Waals surface area contributed by atoms with Crippen LogP contribution in [0.5, 0.6) is 0 Å². The average Bonchev–Trinajstić information content (AvgIpc) is 2.80. The number of carbonyl (C=O) groups is 1. The van der Waals surface area contributed by atoms with Gasteiger partial charge in [0.1, 0.15) is 0 Å². The molecule has 18 heavy (non-hydrogen) atoms. The molecule has 0 spiro atoms. The van der Waals surface area contributed by atoms with Crippen molar-refractivity contribution in [2.45, 2.75) is 32.4 Å². The van der Waals surface area contributed by atoms with Gasteiger partial charge in [-0.15, -0.1) is 0 Å². The molecule has 4 nitrogen and oxygen atoms in total. The van der Waals surface area contributed by atoms with Gasteiger partial charge in [-0.1, -0.05) is 35.5 Å². The molecule has 1 heterocycles. The minimum atomic E-state index is -0.290. The van der Waals surface area contributed by atoms with Crippen molar-refractivity contribution in [2.24, 2.45) is 11.1 Å². The Kier molecular flexibility index (Phi) is 3.75. The molecule has 0 aromatic heterocycles. The molecule has 1 saturated heterocycles. The number of nitroso groups, excluding NO2 is 1. The smallest absolute Gasteiger partial charge is 0.223 e. The molecule has 2 rings (SSSR count). The van der Waals surface area contributed by atoms with E-state index in [4.69, 9.17) is 0 Å². The van der Waals surface area contributed by atoms with E-state index < -0.39 is 0 Å². The fourth-order valence-corrected chi connectivity index (χ4v) is 2.46. The Labute approximate surface area is 107 Å². The van der Waals surface area contributed by atoms with Crippen molar-refractivity contribution in [3.05, 3.63) is 40.8 Å². The van der Waals surface area contributed by atoms with E-state index in [1.807, 2.05) is 42.2 Å². The third-order valence-electron chi connectivity index (χ3n) is 3.79. The molecule has 0 radical (unpaired) electrons. The zero-order valence-electron chi connectivity index (χ0n) is 10.7. The van der Waals surface area contributed by atoms with Gasteiger partial charge in [0, 0.05) is 18.9 Å². The highest BCUT2D eigenvalue weighted by Crippen LogP contribution is 2.30.